The Morgan fingerprint density at radius 1 is 1.06 bits per heavy atom. The van der Waals surface area contributed by atoms with Crippen LogP contribution in [0.25, 0.3) is 0 Å². The van der Waals surface area contributed by atoms with Gasteiger partial charge in [-0.2, -0.15) is 0 Å². The van der Waals surface area contributed by atoms with E-state index in [-0.39, 0.29) is 5.82 Å². The van der Waals surface area contributed by atoms with Crippen molar-refractivity contribution in [3.8, 4) is 0 Å². The molecule has 0 N–H and O–H groups in total. The first-order valence-electron chi connectivity index (χ1n) is 6.10. The van der Waals surface area contributed by atoms with Gasteiger partial charge < -0.3 is 4.90 Å². The lowest BCUT2D eigenvalue weighted by Crippen LogP contribution is -2.36. The molecular weight excluding hydrogens is 201 g/mol. The number of likely N-dealkylation sites (N-methyl/N-ethyl adjacent to an activating group) is 1. The van der Waals surface area contributed by atoms with Crippen LogP contribution in [-0.4, -0.2) is 25.0 Å². The van der Waals surface area contributed by atoms with Crippen molar-refractivity contribution in [3.05, 3.63) is 35.6 Å². The first kappa shape index (κ1) is 11.6. The first-order chi connectivity index (χ1) is 7.68. The molecule has 0 aliphatic heterocycles. The van der Waals surface area contributed by atoms with Crippen LogP contribution in [0.5, 0.6) is 0 Å². The highest BCUT2D eigenvalue weighted by atomic mass is 19.1. The maximum Gasteiger partial charge on any atom is 0.123 e. The molecule has 0 saturated heterocycles. The van der Waals surface area contributed by atoms with Gasteiger partial charge in [-0.25, -0.2) is 4.39 Å². The molecule has 1 aliphatic carbocycles. The average Bonchev–Trinajstić information content (AvgIpc) is 2.30. The second kappa shape index (κ2) is 4.96. The van der Waals surface area contributed by atoms with Gasteiger partial charge in [0.15, 0.2) is 0 Å². The van der Waals surface area contributed by atoms with Gasteiger partial charge in [-0.3, -0.25) is 0 Å². The van der Waals surface area contributed by atoms with Crippen molar-refractivity contribution in [2.75, 3.05) is 14.1 Å². The number of benzene rings is 1. The predicted octanol–water partition coefficient (Wildman–Crippen LogP) is 3.41. The lowest BCUT2D eigenvalue weighted by molar-refractivity contribution is 0.199. The lowest BCUT2D eigenvalue weighted by Gasteiger charge is -2.36. The molecule has 0 spiro atoms. The van der Waals surface area contributed by atoms with Crippen molar-refractivity contribution in [2.45, 2.75) is 37.6 Å². The third-order valence-corrected chi connectivity index (χ3v) is 3.69. The molecule has 16 heavy (non-hydrogen) atoms. The molecule has 0 radical (unpaired) electrons. The predicted molar refractivity (Wildman–Crippen MR) is 65.1 cm³/mol. The van der Waals surface area contributed by atoms with Gasteiger partial charge in [-0.05, 0) is 50.6 Å². The van der Waals surface area contributed by atoms with Crippen molar-refractivity contribution in [2.24, 2.45) is 0 Å². The van der Waals surface area contributed by atoms with Gasteiger partial charge >= 0.3 is 0 Å². The maximum atomic E-state index is 12.9. The van der Waals surface area contributed by atoms with Crippen LogP contribution in [0.2, 0.25) is 0 Å². The summed E-state index contributed by atoms with van der Waals surface area (Å²) in [5, 5.41) is 0. The molecule has 0 heterocycles. The average molecular weight is 221 g/mol. The fourth-order valence-corrected chi connectivity index (χ4v) is 2.83. The minimum atomic E-state index is -0.138. The summed E-state index contributed by atoms with van der Waals surface area (Å²) in [5.74, 6) is 0.435. The van der Waals surface area contributed by atoms with E-state index in [9.17, 15) is 4.39 Å². The van der Waals surface area contributed by atoms with E-state index in [1.165, 1.54) is 31.2 Å². The molecular formula is C14H20FN. The summed E-state index contributed by atoms with van der Waals surface area (Å²) in [6, 6.07) is 7.66. The third kappa shape index (κ3) is 2.43. The zero-order chi connectivity index (χ0) is 11.5. The molecule has 1 fully saturated rings. The van der Waals surface area contributed by atoms with Crippen LogP contribution in [0.15, 0.2) is 24.3 Å². The highest BCUT2D eigenvalue weighted by Gasteiger charge is 2.27. The van der Waals surface area contributed by atoms with Gasteiger partial charge in [-0.1, -0.05) is 25.0 Å². The maximum absolute atomic E-state index is 12.9. The Kier molecular flexibility index (Phi) is 3.59. The SMILES string of the molecule is CN(C)C1CCCCC1c1ccc(F)cc1. The van der Waals surface area contributed by atoms with E-state index in [0.717, 1.165) is 0 Å². The molecule has 1 aromatic rings. The minimum absolute atomic E-state index is 0.138. The van der Waals surface area contributed by atoms with Gasteiger partial charge in [0, 0.05) is 6.04 Å². The lowest BCUT2D eigenvalue weighted by atomic mass is 9.79. The summed E-state index contributed by atoms with van der Waals surface area (Å²) in [4.78, 5) is 2.31. The zero-order valence-corrected chi connectivity index (χ0v) is 10.1. The highest BCUT2D eigenvalue weighted by Crippen LogP contribution is 2.35. The summed E-state index contributed by atoms with van der Waals surface area (Å²) in [5.41, 5.74) is 1.29. The summed E-state index contributed by atoms with van der Waals surface area (Å²) < 4.78 is 12.9. The molecule has 2 unspecified atom stereocenters. The van der Waals surface area contributed by atoms with Gasteiger partial charge in [-0.15, -0.1) is 0 Å². The Hall–Kier alpha value is -0.890. The van der Waals surface area contributed by atoms with Crippen molar-refractivity contribution < 1.29 is 4.39 Å². The smallest absolute Gasteiger partial charge is 0.123 e. The van der Waals surface area contributed by atoms with Crippen LogP contribution in [0.4, 0.5) is 4.39 Å². The molecule has 1 saturated carbocycles. The quantitative estimate of drug-likeness (QED) is 0.739. The van der Waals surface area contributed by atoms with E-state index in [4.69, 9.17) is 0 Å². The fraction of sp³-hybridized carbons (Fsp3) is 0.571. The van der Waals surface area contributed by atoms with Gasteiger partial charge in [0.2, 0.25) is 0 Å². The van der Waals surface area contributed by atoms with E-state index in [1.807, 2.05) is 12.1 Å². The van der Waals surface area contributed by atoms with Crippen LogP contribution in [-0.2, 0) is 0 Å². The molecule has 1 aliphatic rings. The summed E-state index contributed by atoms with van der Waals surface area (Å²) in [6.07, 6.45) is 5.11. The Labute approximate surface area is 97.3 Å². The van der Waals surface area contributed by atoms with Gasteiger partial charge in [0.05, 0.1) is 0 Å². The Bertz CT molecular complexity index is 331. The van der Waals surface area contributed by atoms with Crippen molar-refractivity contribution in [3.63, 3.8) is 0 Å². The molecule has 88 valence electrons. The monoisotopic (exact) mass is 221 g/mol. The molecule has 0 aromatic heterocycles. The van der Waals surface area contributed by atoms with Gasteiger partial charge in [0.25, 0.3) is 0 Å². The number of hydrogen-bond acceptors (Lipinski definition) is 1. The van der Waals surface area contributed by atoms with Crippen LogP contribution in [0.3, 0.4) is 0 Å². The van der Waals surface area contributed by atoms with Crippen LogP contribution < -0.4 is 0 Å². The fourth-order valence-electron chi connectivity index (χ4n) is 2.83. The number of halogens is 1. The van der Waals surface area contributed by atoms with E-state index in [0.29, 0.717) is 12.0 Å². The Morgan fingerprint density at radius 2 is 1.69 bits per heavy atom. The molecule has 1 nitrogen and oxygen atoms in total. The van der Waals surface area contributed by atoms with Crippen LogP contribution >= 0.6 is 0 Å². The molecule has 2 rings (SSSR count). The van der Waals surface area contributed by atoms with Crippen molar-refractivity contribution in [1.82, 2.24) is 4.90 Å². The van der Waals surface area contributed by atoms with Gasteiger partial charge in [0.1, 0.15) is 5.82 Å². The standard InChI is InChI=1S/C14H20FN/c1-16(2)14-6-4-3-5-13(14)11-7-9-12(15)10-8-11/h7-10,13-14H,3-6H2,1-2H3. The largest absolute Gasteiger partial charge is 0.306 e. The minimum Gasteiger partial charge on any atom is -0.306 e. The Morgan fingerprint density at radius 3 is 2.31 bits per heavy atom. The van der Waals surface area contributed by atoms with Crippen LogP contribution in [0, 0.1) is 5.82 Å². The second-order valence-corrected chi connectivity index (χ2v) is 4.97. The van der Waals surface area contributed by atoms with Crippen molar-refractivity contribution >= 4 is 0 Å². The summed E-state index contributed by atoms with van der Waals surface area (Å²) in [6.45, 7) is 0. The number of nitrogens with zero attached hydrogens (tertiary/aromatic N) is 1. The molecule has 2 heteroatoms. The molecule has 2 atom stereocenters. The first-order valence-corrected chi connectivity index (χ1v) is 6.10. The molecule has 1 aromatic carbocycles. The van der Waals surface area contributed by atoms with E-state index < -0.39 is 0 Å². The topological polar surface area (TPSA) is 3.24 Å². The highest BCUT2D eigenvalue weighted by molar-refractivity contribution is 5.22. The molecule has 0 bridgehead atoms. The summed E-state index contributed by atoms with van der Waals surface area (Å²) in [7, 11) is 4.29. The third-order valence-electron chi connectivity index (χ3n) is 3.69. The van der Waals surface area contributed by atoms with E-state index >= 15 is 0 Å². The number of hydrogen-bond donors (Lipinski definition) is 0. The van der Waals surface area contributed by atoms with E-state index in [2.05, 4.69) is 19.0 Å². The molecule has 0 amide bonds. The second-order valence-electron chi connectivity index (χ2n) is 4.97. The zero-order valence-electron chi connectivity index (χ0n) is 10.1. The normalized spacial score (nSPS) is 26.0. The Balaban J connectivity index is 2.19. The van der Waals surface area contributed by atoms with Crippen LogP contribution in [0.1, 0.15) is 37.2 Å². The van der Waals surface area contributed by atoms with Crippen molar-refractivity contribution in [1.29, 1.82) is 0 Å². The van der Waals surface area contributed by atoms with E-state index in [1.54, 1.807) is 12.1 Å². The number of rotatable bonds is 2. The summed E-state index contributed by atoms with van der Waals surface area (Å²) >= 11 is 0.